The Labute approximate surface area is 102 Å². The van der Waals surface area contributed by atoms with E-state index < -0.39 is 0 Å². The normalized spacial score (nSPS) is 10.7. The second kappa shape index (κ2) is 5.04. The van der Waals surface area contributed by atoms with E-state index in [0.29, 0.717) is 0 Å². The summed E-state index contributed by atoms with van der Waals surface area (Å²) in [6.45, 7) is 4.21. The van der Waals surface area contributed by atoms with Crippen LogP contribution in [-0.2, 0) is 6.42 Å². The SMILES string of the molecule is CCCCc1cc(O)nn1-c1ccccc1C. The lowest BCUT2D eigenvalue weighted by atomic mass is 10.1. The second-order valence-electron chi connectivity index (χ2n) is 4.30. The van der Waals surface area contributed by atoms with Crippen LogP contribution in [0, 0.1) is 6.92 Å². The fourth-order valence-electron chi connectivity index (χ4n) is 1.95. The van der Waals surface area contributed by atoms with E-state index >= 15 is 0 Å². The Morgan fingerprint density at radius 2 is 2.06 bits per heavy atom. The number of aryl methyl sites for hydroxylation is 2. The summed E-state index contributed by atoms with van der Waals surface area (Å²) in [6.07, 6.45) is 3.19. The number of para-hydroxylation sites is 1. The van der Waals surface area contributed by atoms with Gasteiger partial charge in [-0.2, -0.15) is 0 Å². The number of rotatable bonds is 4. The van der Waals surface area contributed by atoms with Gasteiger partial charge < -0.3 is 5.11 Å². The van der Waals surface area contributed by atoms with Gasteiger partial charge in [0.15, 0.2) is 0 Å². The number of nitrogens with zero attached hydrogens (tertiary/aromatic N) is 2. The van der Waals surface area contributed by atoms with Crippen molar-refractivity contribution in [3.8, 4) is 11.6 Å². The van der Waals surface area contributed by atoms with Gasteiger partial charge in [-0.3, -0.25) is 0 Å². The average Bonchev–Trinajstić information content (AvgIpc) is 2.68. The number of hydrogen-bond donors (Lipinski definition) is 1. The molecule has 1 aromatic heterocycles. The van der Waals surface area contributed by atoms with Crippen LogP contribution in [-0.4, -0.2) is 14.9 Å². The molecule has 0 spiro atoms. The summed E-state index contributed by atoms with van der Waals surface area (Å²) >= 11 is 0. The summed E-state index contributed by atoms with van der Waals surface area (Å²) in [5.74, 6) is 0.0966. The van der Waals surface area contributed by atoms with Crippen LogP contribution in [0.5, 0.6) is 5.88 Å². The molecule has 0 saturated heterocycles. The molecule has 0 atom stereocenters. The number of hydrogen-bond acceptors (Lipinski definition) is 2. The van der Waals surface area contributed by atoms with Crippen LogP contribution in [0.25, 0.3) is 5.69 Å². The third-order valence-corrected chi connectivity index (χ3v) is 2.90. The first-order valence-electron chi connectivity index (χ1n) is 6.06. The zero-order valence-electron chi connectivity index (χ0n) is 10.3. The highest BCUT2D eigenvalue weighted by Crippen LogP contribution is 2.20. The molecule has 3 nitrogen and oxygen atoms in total. The van der Waals surface area contributed by atoms with E-state index in [1.807, 2.05) is 22.9 Å². The van der Waals surface area contributed by atoms with Crippen molar-refractivity contribution in [2.45, 2.75) is 33.1 Å². The van der Waals surface area contributed by atoms with Crippen LogP contribution < -0.4 is 0 Å². The standard InChI is InChI=1S/C14H18N2O/c1-3-4-8-12-10-14(17)15-16(12)13-9-6-5-7-11(13)2/h5-7,9-10H,3-4,8H2,1-2H3,(H,15,17). The van der Waals surface area contributed by atoms with Gasteiger partial charge in [-0.1, -0.05) is 31.5 Å². The van der Waals surface area contributed by atoms with Crippen LogP contribution >= 0.6 is 0 Å². The largest absolute Gasteiger partial charge is 0.492 e. The Bertz CT molecular complexity index is 503. The summed E-state index contributed by atoms with van der Waals surface area (Å²) in [5.41, 5.74) is 3.27. The molecule has 3 heteroatoms. The summed E-state index contributed by atoms with van der Waals surface area (Å²) in [5, 5.41) is 13.7. The predicted octanol–water partition coefficient (Wildman–Crippen LogP) is 3.23. The Morgan fingerprint density at radius 3 is 2.76 bits per heavy atom. The molecule has 90 valence electrons. The highest BCUT2D eigenvalue weighted by molar-refractivity contribution is 5.41. The van der Waals surface area contributed by atoms with E-state index in [2.05, 4.69) is 25.0 Å². The number of unbranched alkanes of at least 4 members (excludes halogenated alkanes) is 1. The fourth-order valence-corrected chi connectivity index (χ4v) is 1.95. The molecule has 0 unspecified atom stereocenters. The molecule has 0 fully saturated rings. The van der Waals surface area contributed by atoms with Gasteiger partial charge in [0.1, 0.15) is 0 Å². The minimum absolute atomic E-state index is 0.0966. The first-order valence-corrected chi connectivity index (χ1v) is 6.06. The third-order valence-electron chi connectivity index (χ3n) is 2.90. The van der Waals surface area contributed by atoms with E-state index in [9.17, 15) is 5.11 Å². The van der Waals surface area contributed by atoms with Crippen molar-refractivity contribution in [2.75, 3.05) is 0 Å². The highest BCUT2D eigenvalue weighted by atomic mass is 16.3. The smallest absolute Gasteiger partial charge is 0.230 e. The molecule has 0 aliphatic carbocycles. The monoisotopic (exact) mass is 230 g/mol. The molecule has 0 amide bonds. The van der Waals surface area contributed by atoms with Crippen LogP contribution in [0.3, 0.4) is 0 Å². The summed E-state index contributed by atoms with van der Waals surface area (Å²) in [6, 6.07) is 9.83. The van der Waals surface area contributed by atoms with Gasteiger partial charge in [-0.15, -0.1) is 5.10 Å². The first-order chi connectivity index (χ1) is 8.22. The number of aromatic hydroxyl groups is 1. The van der Waals surface area contributed by atoms with Crippen molar-refractivity contribution in [3.05, 3.63) is 41.6 Å². The molecule has 17 heavy (non-hydrogen) atoms. The van der Waals surface area contributed by atoms with Gasteiger partial charge in [0.25, 0.3) is 0 Å². The van der Waals surface area contributed by atoms with Gasteiger partial charge in [-0.25, -0.2) is 4.68 Å². The molecular weight excluding hydrogens is 212 g/mol. The van der Waals surface area contributed by atoms with Gasteiger partial charge in [0, 0.05) is 11.8 Å². The summed E-state index contributed by atoms with van der Waals surface area (Å²) < 4.78 is 1.85. The Kier molecular flexibility index (Phi) is 3.47. The van der Waals surface area contributed by atoms with E-state index in [4.69, 9.17) is 0 Å². The van der Waals surface area contributed by atoms with Crippen LogP contribution in [0.1, 0.15) is 31.0 Å². The summed E-state index contributed by atoms with van der Waals surface area (Å²) in [4.78, 5) is 0. The predicted molar refractivity (Wildman–Crippen MR) is 68.6 cm³/mol. The van der Waals surface area contributed by atoms with E-state index in [0.717, 1.165) is 36.2 Å². The molecule has 1 N–H and O–H groups in total. The molecule has 0 aliphatic rings. The average molecular weight is 230 g/mol. The molecule has 1 aromatic carbocycles. The number of benzene rings is 1. The van der Waals surface area contributed by atoms with Crippen molar-refractivity contribution in [2.24, 2.45) is 0 Å². The molecule has 0 bridgehead atoms. The van der Waals surface area contributed by atoms with Gasteiger partial charge in [-0.05, 0) is 31.4 Å². The maximum atomic E-state index is 9.55. The van der Waals surface area contributed by atoms with E-state index in [-0.39, 0.29) is 5.88 Å². The van der Waals surface area contributed by atoms with Crippen molar-refractivity contribution in [3.63, 3.8) is 0 Å². The Morgan fingerprint density at radius 1 is 1.29 bits per heavy atom. The van der Waals surface area contributed by atoms with Gasteiger partial charge in [0.2, 0.25) is 5.88 Å². The molecule has 0 radical (unpaired) electrons. The lowest BCUT2D eigenvalue weighted by Gasteiger charge is -2.09. The molecular formula is C14H18N2O. The topological polar surface area (TPSA) is 38.1 Å². The first kappa shape index (κ1) is 11.7. The van der Waals surface area contributed by atoms with Crippen LogP contribution in [0.15, 0.2) is 30.3 Å². The minimum Gasteiger partial charge on any atom is -0.492 e. The van der Waals surface area contributed by atoms with Gasteiger partial charge >= 0.3 is 0 Å². The Balaban J connectivity index is 2.41. The quantitative estimate of drug-likeness (QED) is 0.875. The maximum absolute atomic E-state index is 9.55. The zero-order valence-corrected chi connectivity index (χ0v) is 10.3. The van der Waals surface area contributed by atoms with E-state index in [1.54, 1.807) is 6.07 Å². The fraction of sp³-hybridized carbons (Fsp3) is 0.357. The van der Waals surface area contributed by atoms with Crippen LogP contribution in [0.2, 0.25) is 0 Å². The third kappa shape index (κ3) is 2.49. The molecule has 0 aliphatic heterocycles. The molecule has 2 aromatic rings. The molecule has 1 heterocycles. The minimum atomic E-state index is 0.0966. The molecule has 2 rings (SSSR count). The zero-order chi connectivity index (χ0) is 12.3. The van der Waals surface area contributed by atoms with Crippen LogP contribution in [0.4, 0.5) is 0 Å². The van der Waals surface area contributed by atoms with Crippen molar-refractivity contribution in [1.82, 2.24) is 9.78 Å². The number of aromatic nitrogens is 2. The van der Waals surface area contributed by atoms with Crippen molar-refractivity contribution >= 4 is 0 Å². The van der Waals surface area contributed by atoms with E-state index in [1.165, 1.54) is 0 Å². The lowest BCUT2D eigenvalue weighted by Crippen LogP contribution is -2.03. The second-order valence-corrected chi connectivity index (χ2v) is 4.30. The highest BCUT2D eigenvalue weighted by Gasteiger charge is 2.09. The van der Waals surface area contributed by atoms with Crippen molar-refractivity contribution in [1.29, 1.82) is 0 Å². The molecule has 0 saturated carbocycles. The van der Waals surface area contributed by atoms with Gasteiger partial charge in [0.05, 0.1) is 5.69 Å². The Hall–Kier alpha value is -1.77. The lowest BCUT2D eigenvalue weighted by molar-refractivity contribution is 0.447. The summed E-state index contributed by atoms with van der Waals surface area (Å²) in [7, 11) is 0. The van der Waals surface area contributed by atoms with Crippen molar-refractivity contribution < 1.29 is 5.11 Å². The maximum Gasteiger partial charge on any atom is 0.230 e.